The van der Waals surface area contributed by atoms with Gasteiger partial charge in [-0.2, -0.15) is 13.2 Å². The zero-order valence-corrected chi connectivity index (χ0v) is 7.30. The predicted octanol–water partition coefficient (Wildman–Crippen LogP) is 1.20. The molecule has 0 spiro atoms. The monoisotopic (exact) mass is 214 g/mol. The molecular weight excluding hydrogens is 205 g/mol. The van der Waals surface area contributed by atoms with E-state index in [2.05, 4.69) is 4.74 Å². The summed E-state index contributed by atoms with van der Waals surface area (Å²) in [4.78, 5) is 21.1. The first-order chi connectivity index (χ1) is 6.28. The molecule has 1 unspecified atom stereocenters. The number of carbonyl (C=O) groups excluding carboxylic acids is 1. The zero-order valence-electron chi connectivity index (χ0n) is 7.30. The summed E-state index contributed by atoms with van der Waals surface area (Å²) in [5.74, 6) is -5.37. The van der Waals surface area contributed by atoms with Gasteiger partial charge in [-0.3, -0.25) is 9.59 Å². The van der Waals surface area contributed by atoms with Crippen LogP contribution in [0.4, 0.5) is 13.2 Å². The summed E-state index contributed by atoms with van der Waals surface area (Å²) in [7, 11) is 0. The molecule has 0 fully saturated rings. The number of carboxylic acid groups (broad SMARTS) is 1. The largest absolute Gasteiger partial charge is 0.481 e. The minimum Gasteiger partial charge on any atom is -0.481 e. The number of hydrogen-bond donors (Lipinski definition) is 1. The van der Waals surface area contributed by atoms with Crippen molar-refractivity contribution in [1.29, 1.82) is 0 Å². The van der Waals surface area contributed by atoms with Crippen molar-refractivity contribution in [2.75, 3.05) is 6.61 Å². The molecule has 0 aliphatic heterocycles. The Labute approximate surface area is 77.7 Å². The lowest BCUT2D eigenvalue weighted by Gasteiger charge is -2.12. The Kier molecular flexibility index (Phi) is 4.39. The summed E-state index contributed by atoms with van der Waals surface area (Å²) in [5, 5.41) is 8.33. The zero-order chi connectivity index (χ0) is 11.4. The first-order valence-corrected chi connectivity index (χ1v) is 3.74. The van der Waals surface area contributed by atoms with E-state index in [4.69, 9.17) is 5.11 Å². The van der Waals surface area contributed by atoms with E-state index in [0.717, 1.165) is 0 Å². The van der Waals surface area contributed by atoms with Gasteiger partial charge in [0.25, 0.3) is 0 Å². The molecule has 0 rings (SSSR count). The second-order valence-electron chi connectivity index (χ2n) is 2.46. The third kappa shape index (κ3) is 4.68. The fourth-order valence-electron chi connectivity index (χ4n) is 0.746. The molecule has 0 amide bonds. The third-order valence-electron chi connectivity index (χ3n) is 1.30. The van der Waals surface area contributed by atoms with Gasteiger partial charge < -0.3 is 9.84 Å². The molecule has 0 aromatic rings. The molecule has 0 aliphatic carbocycles. The molecule has 0 radical (unpaired) electrons. The molecule has 0 saturated heterocycles. The van der Waals surface area contributed by atoms with Crippen LogP contribution >= 0.6 is 0 Å². The highest BCUT2D eigenvalue weighted by atomic mass is 19.4. The van der Waals surface area contributed by atoms with E-state index in [9.17, 15) is 22.8 Å². The Hall–Kier alpha value is -1.27. The van der Waals surface area contributed by atoms with E-state index in [1.807, 2.05) is 0 Å². The number of halogens is 3. The second kappa shape index (κ2) is 4.83. The van der Waals surface area contributed by atoms with Crippen molar-refractivity contribution in [3.05, 3.63) is 0 Å². The molecular formula is C7H9F3O4. The standard InChI is InChI=1S/C7H9F3O4/c1-2-14-6(13)4(5(11)12)3-7(8,9)10/h4H,2-3H2,1H3,(H,11,12). The van der Waals surface area contributed by atoms with Crippen LogP contribution in [0.25, 0.3) is 0 Å². The maximum atomic E-state index is 11.8. The van der Waals surface area contributed by atoms with Crippen molar-refractivity contribution in [2.45, 2.75) is 19.5 Å². The fraction of sp³-hybridized carbons (Fsp3) is 0.714. The van der Waals surface area contributed by atoms with E-state index >= 15 is 0 Å². The summed E-state index contributed by atoms with van der Waals surface area (Å²) in [6.45, 7) is 1.23. The lowest BCUT2D eigenvalue weighted by Crippen LogP contribution is -2.30. The molecule has 0 aromatic heterocycles. The molecule has 82 valence electrons. The van der Waals surface area contributed by atoms with Crippen molar-refractivity contribution in [3.8, 4) is 0 Å². The third-order valence-corrected chi connectivity index (χ3v) is 1.30. The number of hydrogen-bond acceptors (Lipinski definition) is 3. The van der Waals surface area contributed by atoms with Gasteiger partial charge in [0.15, 0.2) is 5.92 Å². The Morgan fingerprint density at radius 3 is 2.21 bits per heavy atom. The van der Waals surface area contributed by atoms with Crippen molar-refractivity contribution in [3.63, 3.8) is 0 Å². The molecule has 7 heteroatoms. The quantitative estimate of drug-likeness (QED) is 0.564. The van der Waals surface area contributed by atoms with E-state index in [-0.39, 0.29) is 6.61 Å². The van der Waals surface area contributed by atoms with Crippen LogP contribution in [-0.4, -0.2) is 29.8 Å². The van der Waals surface area contributed by atoms with Gasteiger partial charge in [0.1, 0.15) is 0 Å². The fourth-order valence-corrected chi connectivity index (χ4v) is 0.746. The number of carboxylic acids is 1. The average Bonchev–Trinajstić information content (AvgIpc) is 1.98. The summed E-state index contributed by atoms with van der Waals surface area (Å²) in [6.07, 6.45) is -6.41. The number of carbonyl (C=O) groups is 2. The number of ether oxygens (including phenoxy) is 1. The lowest BCUT2D eigenvalue weighted by atomic mass is 10.1. The number of aliphatic carboxylic acids is 1. The van der Waals surface area contributed by atoms with Gasteiger partial charge in [-0.15, -0.1) is 0 Å². The van der Waals surface area contributed by atoms with E-state index in [0.29, 0.717) is 0 Å². The Morgan fingerprint density at radius 2 is 1.93 bits per heavy atom. The lowest BCUT2D eigenvalue weighted by molar-refractivity contribution is -0.177. The summed E-state index contributed by atoms with van der Waals surface area (Å²) < 4.78 is 39.6. The maximum absolute atomic E-state index is 11.8. The molecule has 0 bridgehead atoms. The van der Waals surface area contributed by atoms with Crippen LogP contribution in [-0.2, 0) is 14.3 Å². The first-order valence-electron chi connectivity index (χ1n) is 3.74. The van der Waals surface area contributed by atoms with Crippen LogP contribution in [0.15, 0.2) is 0 Å². The normalized spacial score (nSPS) is 13.4. The average molecular weight is 214 g/mol. The molecule has 14 heavy (non-hydrogen) atoms. The Balaban J connectivity index is 4.45. The molecule has 0 heterocycles. The molecule has 1 atom stereocenters. The molecule has 0 aliphatic rings. The predicted molar refractivity (Wildman–Crippen MR) is 38.4 cm³/mol. The Morgan fingerprint density at radius 1 is 1.43 bits per heavy atom. The minimum atomic E-state index is -4.70. The topological polar surface area (TPSA) is 63.6 Å². The number of alkyl halides is 3. The second-order valence-corrected chi connectivity index (χ2v) is 2.46. The van der Waals surface area contributed by atoms with E-state index in [1.54, 1.807) is 0 Å². The van der Waals surface area contributed by atoms with Crippen LogP contribution in [0.2, 0.25) is 0 Å². The van der Waals surface area contributed by atoms with Gasteiger partial charge >= 0.3 is 18.1 Å². The van der Waals surface area contributed by atoms with Crippen LogP contribution in [0, 0.1) is 5.92 Å². The van der Waals surface area contributed by atoms with Gasteiger partial charge in [-0.1, -0.05) is 0 Å². The first kappa shape index (κ1) is 12.7. The summed E-state index contributed by atoms with van der Waals surface area (Å²) in [6, 6.07) is 0. The van der Waals surface area contributed by atoms with Gasteiger partial charge in [0, 0.05) is 0 Å². The van der Waals surface area contributed by atoms with Gasteiger partial charge in [0.2, 0.25) is 0 Å². The molecule has 4 nitrogen and oxygen atoms in total. The minimum absolute atomic E-state index is 0.152. The SMILES string of the molecule is CCOC(=O)C(CC(F)(F)F)C(=O)O. The van der Waals surface area contributed by atoms with Crippen molar-refractivity contribution in [2.24, 2.45) is 5.92 Å². The highest BCUT2D eigenvalue weighted by Gasteiger charge is 2.40. The van der Waals surface area contributed by atoms with Crippen molar-refractivity contribution >= 4 is 11.9 Å². The number of rotatable bonds is 4. The molecule has 0 saturated carbocycles. The maximum Gasteiger partial charge on any atom is 0.390 e. The highest BCUT2D eigenvalue weighted by Crippen LogP contribution is 2.25. The van der Waals surface area contributed by atoms with E-state index in [1.165, 1.54) is 6.92 Å². The molecule has 0 aromatic carbocycles. The number of esters is 1. The van der Waals surface area contributed by atoms with Gasteiger partial charge in [-0.25, -0.2) is 0 Å². The van der Waals surface area contributed by atoms with Gasteiger partial charge in [-0.05, 0) is 6.92 Å². The Bertz CT molecular complexity index is 223. The van der Waals surface area contributed by atoms with Crippen LogP contribution in [0.5, 0.6) is 0 Å². The smallest absolute Gasteiger partial charge is 0.390 e. The molecule has 1 N–H and O–H groups in total. The van der Waals surface area contributed by atoms with Crippen molar-refractivity contribution in [1.82, 2.24) is 0 Å². The summed E-state index contributed by atoms with van der Waals surface area (Å²) >= 11 is 0. The van der Waals surface area contributed by atoms with Crippen molar-refractivity contribution < 1.29 is 32.6 Å². The van der Waals surface area contributed by atoms with Crippen LogP contribution in [0.3, 0.4) is 0 Å². The van der Waals surface area contributed by atoms with Crippen LogP contribution < -0.4 is 0 Å². The van der Waals surface area contributed by atoms with Gasteiger partial charge in [0.05, 0.1) is 13.0 Å². The summed E-state index contributed by atoms with van der Waals surface area (Å²) in [5.41, 5.74) is 0. The van der Waals surface area contributed by atoms with Crippen LogP contribution in [0.1, 0.15) is 13.3 Å². The highest BCUT2D eigenvalue weighted by molar-refractivity contribution is 5.93. The van der Waals surface area contributed by atoms with E-state index < -0.39 is 30.5 Å².